The molecular weight excluding hydrogens is 472 g/mol. The van der Waals surface area contributed by atoms with E-state index in [2.05, 4.69) is 4.98 Å². The summed E-state index contributed by atoms with van der Waals surface area (Å²) in [7, 11) is 3.03. The van der Waals surface area contributed by atoms with E-state index in [-0.39, 0.29) is 30.0 Å². The second kappa shape index (κ2) is 9.98. The van der Waals surface area contributed by atoms with E-state index in [1.807, 2.05) is 30.3 Å². The summed E-state index contributed by atoms with van der Waals surface area (Å²) in [4.78, 5) is 45.0. The lowest BCUT2D eigenvalue weighted by molar-refractivity contribution is 0.0973. The Hall–Kier alpha value is -4.92. The summed E-state index contributed by atoms with van der Waals surface area (Å²) < 4.78 is 14.7. The van der Waals surface area contributed by atoms with Crippen LogP contribution >= 0.6 is 0 Å². The highest BCUT2D eigenvalue weighted by atomic mass is 16.5. The van der Waals surface area contributed by atoms with Gasteiger partial charge in [-0.1, -0.05) is 54.6 Å². The molecule has 186 valence electrons. The fourth-order valence-corrected chi connectivity index (χ4v) is 4.28. The maximum atomic E-state index is 13.7. The van der Waals surface area contributed by atoms with Crippen LogP contribution in [0, 0.1) is 0 Å². The molecule has 0 unspecified atom stereocenters. The Bertz CT molecular complexity index is 1720. The summed E-state index contributed by atoms with van der Waals surface area (Å²) in [6.45, 7) is -0.0903. The van der Waals surface area contributed by atoms with Crippen molar-refractivity contribution in [3.05, 3.63) is 117 Å². The van der Waals surface area contributed by atoms with Gasteiger partial charge in [0.05, 0.1) is 39.3 Å². The van der Waals surface area contributed by atoms with Gasteiger partial charge < -0.3 is 14.0 Å². The molecule has 0 fully saturated rings. The maximum Gasteiger partial charge on any atom is 0.337 e. The van der Waals surface area contributed by atoms with Crippen LogP contribution in [0.3, 0.4) is 0 Å². The number of para-hydroxylation sites is 2. The van der Waals surface area contributed by atoms with Gasteiger partial charge in [-0.2, -0.15) is 0 Å². The standard InChI is InChI=1S/C28H24N4O5/c1-36-21-12-8-11-20(15-21)23(33)17-30-18-29-26-25(30)27(34)31(16-19-9-4-3-5-10-19)28(35)32(26)22-13-6-7-14-24(22)37-2/h3-15,18H,16-17H2,1-2H3. The molecule has 2 heterocycles. The first-order valence-electron chi connectivity index (χ1n) is 11.6. The third kappa shape index (κ3) is 4.42. The molecule has 0 saturated heterocycles. The van der Waals surface area contributed by atoms with Gasteiger partial charge >= 0.3 is 5.69 Å². The predicted octanol–water partition coefficient (Wildman–Crippen LogP) is 3.30. The summed E-state index contributed by atoms with van der Waals surface area (Å²) in [6.07, 6.45) is 1.41. The number of methoxy groups -OCH3 is 2. The number of ketones is 1. The number of ether oxygens (including phenoxy) is 2. The molecule has 9 nitrogen and oxygen atoms in total. The van der Waals surface area contributed by atoms with Crippen molar-refractivity contribution in [2.24, 2.45) is 0 Å². The number of carbonyl (C=O) groups is 1. The molecule has 9 heteroatoms. The van der Waals surface area contributed by atoms with Gasteiger partial charge in [-0.05, 0) is 29.8 Å². The van der Waals surface area contributed by atoms with Gasteiger partial charge in [0, 0.05) is 5.56 Å². The van der Waals surface area contributed by atoms with Gasteiger partial charge in [0.15, 0.2) is 16.9 Å². The summed E-state index contributed by atoms with van der Waals surface area (Å²) >= 11 is 0. The third-order valence-corrected chi connectivity index (χ3v) is 6.12. The summed E-state index contributed by atoms with van der Waals surface area (Å²) in [5.41, 5.74) is 0.835. The first kappa shape index (κ1) is 23.8. The fraction of sp³-hybridized carbons (Fsp3) is 0.143. The Morgan fingerprint density at radius 1 is 0.892 bits per heavy atom. The zero-order valence-electron chi connectivity index (χ0n) is 20.3. The molecule has 0 aliphatic rings. The number of rotatable bonds is 8. The van der Waals surface area contributed by atoms with Crippen LogP contribution in [0.5, 0.6) is 11.5 Å². The summed E-state index contributed by atoms with van der Waals surface area (Å²) in [6, 6.07) is 23.0. The minimum atomic E-state index is -0.560. The second-order valence-electron chi connectivity index (χ2n) is 8.37. The zero-order valence-corrected chi connectivity index (χ0v) is 20.3. The number of Topliss-reactive ketones (excluding diaryl/α,β-unsaturated/α-hetero) is 1. The molecule has 0 amide bonds. The highest BCUT2D eigenvalue weighted by molar-refractivity contribution is 5.97. The molecule has 0 spiro atoms. The third-order valence-electron chi connectivity index (χ3n) is 6.12. The van der Waals surface area contributed by atoms with Gasteiger partial charge in [0.25, 0.3) is 5.56 Å². The Kier molecular flexibility index (Phi) is 6.42. The molecule has 0 aliphatic heterocycles. The van der Waals surface area contributed by atoms with E-state index >= 15 is 0 Å². The van der Waals surface area contributed by atoms with E-state index in [0.717, 1.165) is 10.1 Å². The number of hydrogen-bond donors (Lipinski definition) is 0. The van der Waals surface area contributed by atoms with Crippen molar-refractivity contribution in [1.82, 2.24) is 18.7 Å². The number of carbonyl (C=O) groups excluding carboxylic acids is 1. The lowest BCUT2D eigenvalue weighted by Gasteiger charge is -2.15. The van der Waals surface area contributed by atoms with Crippen LogP contribution in [0.15, 0.2) is 94.8 Å². The van der Waals surface area contributed by atoms with Crippen LogP contribution in [-0.2, 0) is 13.1 Å². The van der Waals surface area contributed by atoms with Crippen molar-refractivity contribution in [2.75, 3.05) is 14.2 Å². The molecule has 3 aromatic carbocycles. The minimum Gasteiger partial charge on any atom is -0.497 e. The van der Waals surface area contributed by atoms with Gasteiger partial charge in [0.2, 0.25) is 0 Å². The van der Waals surface area contributed by atoms with E-state index in [1.54, 1.807) is 48.5 Å². The topological polar surface area (TPSA) is 97.4 Å². The van der Waals surface area contributed by atoms with Crippen molar-refractivity contribution < 1.29 is 14.3 Å². The molecule has 0 bridgehead atoms. The van der Waals surface area contributed by atoms with Crippen molar-refractivity contribution in [1.29, 1.82) is 0 Å². The normalized spacial score (nSPS) is 11.0. The van der Waals surface area contributed by atoms with Crippen molar-refractivity contribution in [2.45, 2.75) is 13.1 Å². The van der Waals surface area contributed by atoms with Crippen LogP contribution in [-0.4, -0.2) is 38.7 Å². The van der Waals surface area contributed by atoms with Crippen LogP contribution in [0.4, 0.5) is 0 Å². The van der Waals surface area contributed by atoms with Gasteiger partial charge in [0.1, 0.15) is 11.5 Å². The highest BCUT2D eigenvalue weighted by Gasteiger charge is 2.22. The average molecular weight is 497 g/mol. The fourth-order valence-electron chi connectivity index (χ4n) is 4.28. The van der Waals surface area contributed by atoms with Crippen LogP contribution in [0.2, 0.25) is 0 Å². The summed E-state index contributed by atoms with van der Waals surface area (Å²) in [5.74, 6) is 0.761. The molecule has 0 atom stereocenters. The molecule has 0 radical (unpaired) electrons. The number of hydrogen-bond acceptors (Lipinski definition) is 6. The Morgan fingerprint density at radius 2 is 1.65 bits per heavy atom. The molecule has 0 N–H and O–H groups in total. The molecule has 5 rings (SSSR count). The molecule has 5 aromatic rings. The van der Waals surface area contributed by atoms with E-state index in [4.69, 9.17) is 9.47 Å². The van der Waals surface area contributed by atoms with Gasteiger partial charge in [-0.25, -0.2) is 14.3 Å². The van der Waals surface area contributed by atoms with Crippen LogP contribution in [0.25, 0.3) is 16.9 Å². The lowest BCUT2D eigenvalue weighted by atomic mass is 10.1. The SMILES string of the molecule is COc1cccc(C(=O)Cn2cnc3c2c(=O)n(Cc2ccccc2)c(=O)n3-c2ccccc2OC)c1. The van der Waals surface area contributed by atoms with Crippen molar-refractivity contribution >= 4 is 16.9 Å². The van der Waals surface area contributed by atoms with Crippen LogP contribution in [0.1, 0.15) is 15.9 Å². The Morgan fingerprint density at radius 3 is 2.41 bits per heavy atom. The lowest BCUT2D eigenvalue weighted by Crippen LogP contribution is -2.40. The summed E-state index contributed by atoms with van der Waals surface area (Å²) in [5, 5.41) is 0. The van der Waals surface area contributed by atoms with E-state index in [9.17, 15) is 14.4 Å². The monoisotopic (exact) mass is 496 g/mol. The quantitative estimate of drug-likeness (QED) is 0.306. The number of benzene rings is 3. The average Bonchev–Trinajstić information content (AvgIpc) is 3.35. The van der Waals surface area contributed by atoms with Gasteiger partial charge in [-0.3, -0.25) is 14.2 Å². The molecule has 0 saturated carbocycles. The molecular formula is C28H24N4O5. The first-order valence-corrected chi connectivity index (χ1v) is 11.6. The largest absolute Gasteiger partial charge is 0.497 e. The highest BCUT2D eigenvalue weighted by Crippen LogP contribution is 2.23. The number of aromatic nitrogens is 4. The van der Waals surface area contributed by atoms with E-state index in [1.165, 1.54) is 29.7 Å². The van der Waals surface area contributed by atoms with Crippen molar-refractivity contribution in [3.8, 4) is 17.2 Å². The van der Waals surface area contributed by atoms with E-state index < -0.39 is 11.2 Å². The zero-order chi connectivity index (χ0) is 25.9. The minimum absolute atomic E-state index is 0.0542. The van der Waals surface area contributed by atoms with Crippen molar-refractivity contribution in [3.63, 3.8) is 0 Å². The molecule has 37 heavy (non-hydrogen) atoms. The van der Waals surface area contributed by atoms with Gasteiger partial charge in [-0.15, -0.1) is 0 Å². The van der Waals surface area contributed by atoms with Crippen LogP contribution < -0.4 is 20.7 Å². The number of imidazole rings is 1. The predicted molar refractivity (Wildman–Crippen MR) is 139 cm³/mol. The maximum absolute atomic E-state index is 13.7. The molecule has 2 aromatic heterocycles. The number of fused-ring (bicyclic) bond motifs is 1. The number of nitrogens with zero attached hydrogens (tertiary/aromatic N) is 4. The Labute approximate surface area is 211 Å². The van der Waals surface area contributed by atoms with E-state index in [0.29, 0.717) is 22.7 Å². The Balaban J connectivity index is 1.72. The first-order chi connectivity index (χ1) is 18.0. The second-order valence-corrected chi connectivity index (χ2v) is 8.37. The molecule has 0 aliphatic carbocycles. The smallest absolute Gasteiger partial charge is 0.337 e.